The van der Waals surface area contributed by atoms with E-state index in [1.54, 1.807) is 24.4 Å². The Morgan fingerprint density at radius 3 is 2.71 bits per heavy atom. The molecule has 1 fully saturated rings. The van der Waals surface area contributed by atoms with Crippen LogP contribution >= 0.6 is 0 Å². The van der Waals surface area contributed by atoms with Gasteiger partial charge in [0.2, 0.25) is 0 Å². The lowest BCUT2D eigenvalue weighted by Crippen LogP contribution is -2.42. The Kier molecular flexibility index (Phi) is 3.25. The van der Waals surface area contributed by atoms with Crippen molar-refractivity contribution < 1.29 is 10.0 Å². The van der Waals surface area contributed by atoms with Gasteiger partial charge in [0, 0.05) is 19.3 Å². The van der Waals surface area contributed by atoms with Crippen LogP contribution in [0.25, 0.3) is 10.9 Å². The van der Waals surface area contributed by atoms with Crippen molar-refractivity contribution in [2.75, 3.05) is 18.0 Å². The third-order valence-electron chi connectivity index (χ3n) is 4.10. The lowest BCUT2D eigenvalue weighted by atomic mass is 9.93. The van der Waals surface area contributed by atoms with E-state index in [0.717, 1.165) is 0 Å². The second-order valence-corrected chi connectivity index (χ2v) is 5.74. The number of benzene rings is 1. The molecule has 6 nitrogen and oxygen atoms in total. The number of aromatic nitrogens is 1. The maximum Gasteiger partial charge on any atom is 0.301 e. The highest BCUT2D eigenvalue weighted by atomic mass is 16.6. The molecule has 1 aromatic heterocycles. The van der Waals surface area contributed by atoms with Crippen molar-refractivity contribution in [1.29, 1.82) is 0 Å². The van der Waals surface area contributed by atoms with E-state index in [9.17, 15) is 15.2 Å². The molecular formula is C15H17N3O3. The highest BCUT2D eigenvalue weighted by Crippen LogP contribution is 2.37. The van der Waals surface area contributed by atoms with E-state index in [-0.39, 0.29) is 10.6 Å². The fraction of sp³-hybridized carbons (Fsp3) is 0.400. The number of rotatable bonds is 2. The summed E-state index contributed by atoms with van der Waals surface area (Å²) in [7, 11) is 0. The molecule has 0 radical (unpaired) electrons. The molecule has 0 amide bonds. The molecule has 21 heavy (non-hydrogen) atoms. The zero-order chi connectivity index (χ0) is 15.0. The van der Waals surface area contributed by atoms with Crippen LogP contribution < -0.4 is 4.90 Å². The van der Waals surface area contributed by atoms with Crippen molar-refractivity contribution in [2.45, 2.75) is 25.4 Å². The van der Waals surface area contributed by atoms with Gasteiger partial charge in [-0.15, -0.1) is 0 Å². The molecule has 1 aromatic carbocycles. The fourth-order valence-electron chi connectivity index (χ4n) is 2.80. The Balaban J connectivity index is 2.06. The van der Waals surface area contributed by atoms with Gasteiger partial charge in [-0.1, -0.05) is 0 Å². The number of nitrogens with zero attached hydrogens (tertiary/aromatic N) is 3. The number of pyridine rings is 1. The second kappa shape index (κ2) is 4.96. The summed E-state index contributed by atoms with van der Waals surface area (Å²) in [5, 5.41) is 22.1. The predicted molar refractivity (Wildman–Crippen MR) is 80.5 cm³/mol. The fourth-order valence-corrected chi connectivity index (χ4v) is 2.80. The predicted octanol–water partition coefficient (Wildman–Crippen LogP) is 2.49. The first-order valence-electron chi connectivity index (χ1n) is 6.97. The molecule has 0 unspecified atom stereocenters. The summed E-state index contributed by atoms with van der Waals surface area (Å²) in [4.78, 5) is 17.3. The van der Waals surface area contributed by atoms with E-state index in [0.29, 0.717) is 42.5 Å². The summed E-state index contributed by atoms with van der Waals surface area (Å²) in [6.45, 7) is 3.03. The summed E-state index contributed by atoms with van der Waals surface area (Å²) in [5.41, 5.74) is 0.652. The van der Waals surface area contributed by atoms with Crippen molar-refractivity contribution in [3.63, 3.8) is 0 Å². The molecule has 2 heterocycles. The standard InChI is InChI=1S/C15H17N3O3/c1-15(19)6-9-17(10-7-15)13-5-4-12-11(3-2-8-16-12)14(13)18(20)21/h2-5,8,19H,6-7,9-10H2,1H3. The third kappa shape index (κ3) is 2.54. The van der Waals surface area contributed by atoms with Crippen molar-refractivity contribution in [3.05, 3.63) is 40.6 Å². The van der Waals surface area contributed by atoms with Gasteiger partial charge >= 0.3 is 5.69 Å². The molecule has 1 N–H and O–H groups in total. The first kappa shape index (κ1) is 13.8. The van der Waals surface area contributed by atoms with Crippen LogP contribution in [-0.2, 0) is 0 Å². The lowest BCUT2D eigenvalue weighted by molar-refractivity contribution is -0.382. The number of fused-ring (bicyclic) bond motifs is 1. The monoisotopic (exact) mass is 287 g/mol. The average Bonchev–Trinajstić information content (AvgIpc) is 2.46. The first-order chi connectivity index (χ1) is 9.98. The second-order valence-electron chi connectivity index (χ2n) is 5.74. The van der Waals surface area contributed by atoms with E-state index in [4.69, 9.17) is 0 Å². The average molecular weight is 287 g/mol. The van der Waals surface area contributed by atoms with Crippen LogP contribution in [0.4, 0.5) is 11.4 Å². The quantitative estimate of drug-likeness (QED) is 0.678. The molecule has 0 atom stereocenters. The number of nitro groups is 1. The minimum absolute atomic E-state index is 0.0992. The minimum atomic E-state index is -0.677. The Hall–Kier alpha value is -2.21. The number of hydrogen-bond acceptors (Lipinski definition) is 5. The minimum Gasteiger partial charge on any atom is -0.390 e. The van der Waals surface area contributed by atoms with Crippen LogP contribution in [0.2, 0.25) is 0 Å². The van der Waals surface area contributed by atoms with Crippen LogP contribution in [0.1, 0.15) is 19.8 Å². The smallest absolute Gasteiger partial charge is 0.301 e. The van der Waals surface area contributed by atoms with Gasteiger partial charge in [-0.25, -0.2) is 0 Å². The molecule has 6 heteroatoms. The van der Waals surface area contributed by atoms with Crippen LogP contribution in [0.5, 0.6) is 0 Å². The van der Waals surface area contributed by atoms with Gasteiger partial charge in [-0.3, -0.25) is 15.1 Å². The Morgan fingerprint density at radius 1 is 1.33 bits per heavy atom. The van der Waals surface area contributed by atoms with Gasteiger partial charge in [0.1, 0.15) is 5.69 Å². The Labute approximate surface area is 122 Å². The summed E-state index contributed by atoms with van der Waals surface area (Å²) >= 11 is 0. The van der Waals surface area contributed by atoms with E-state index in [1.165, 1.54) is 0 Å². The van der Waals surface area contributed by atoms with E-state index >= 15 is 0 Å². The maximum atomic E-state index is 11.5. The van der Waals surface area contributed by atoms with Crippen LogP contribution in [0.3, 0.4) is 0 Å². The molecule has 0 spiro atoms. The SMILES string of the molecule is CC1(O)CCN(c2ccc3ncccc3c2[N+](=O)[O-])CC1. The molecule has 0 saturated carbocycles. The van der Waals surface area contributed by atoms with Gasteiger partial charge in [-0.2, -0.15) is 0 Å². The molecule has 0 aliphatic carbocycles. The summed E-state index contributed by atoms with van der Waals surface area (Å²) < 4.78 is 0. The molecular weight excluding hydrogens is 270 g/mol. The van der Waals surface area contributed by atoms with Crippen LogP contribution in [0, 0.1) is 10.1 Å². The van der Waals surface area contributed by atoms with E-state index < -0.39 is 5.60 Å². The maximum absolute atomic E-state index is 11.5. The van der Waals surface area contributed by atoms with Gasteiger partial charge in [0.15, 0.2) is 0 Å². The van der Waals surface area contributed by atoms with Gasteiger partial charge in [0.25, 0.3) is 0 Å². The number of anilines is 1. The van der Waals surface area contributed by atoms with Gasteiger partial charge < -0.3 is 10.0 Å². The highest BCUT2D eigenvalue weighted by Gasteiger charge is 2.31. The molecule has 110 valence electrons. The number of aliphatic hydroxyl groups is 1. The zero-order valence-corrected chi connectivity index (χ0v) is 11.8. The number of nitro benzene ring substituents is 1. The zero-order valence-electron chi connectivity index (χ0n) is 11.8. The third-order valence-corrected chi connectivity index (χ3v) is 4.10. The van der Waals surface area contributed by atoms with Crippen molar-refractivity contribution in [1.82, 2.24) is 4.98 Å². The normalized spacial score (nSPS) is 17.9. The molecule has 1 aliphatic rings. The topological polar surface area (TPSA) is 79.5 Å². The Morgan fingerprint density at radius 2 is 2.05 bits per heavy atom. The van der Waals surface area contributed by atoms with Crippen molar-refractivity contribution in [2.24, 2.45) is 0 Å². The lowest BCUT2D eigenvalue weighted by Gasteiger charge is -2.36. The molecule has 1 saturated heterocycles. The molecule has 0 bridgehead atoms. The molecule has 2 aromatic rings. The largest absolute Gasteiger partial charge is 0.390 e. The number of hydrogen-bond donors (Lipinski definition) is 1. The van der Waals surface area contributed by atoms with E-state index in [2.05, 4.69) is 4.98 Å². The Bertz CT molecular complexity index is 690. The number of piperidine rings is 1. The van der Waals surface area contributed by atoms with Crippen LogP contribution in [0.15, 0.2) is 30.5 Å². The molecule has 1 aliphatic heterocycles. The van der Waals surface area contributed by atoms with Crippen molar-refractivity contribution >= 4 is 22.3 Å². The summed E-state index contributed by atoms with van der Waals surface area (Å²) in [6.07, 6.45) is 2.84. The first-order valence-corrected chi connectivity index (χ1v) is 6.97. The van der Waals surface area contributed by atoms with E-state index in [1.807, 2.05) is 17.9 Å². The van der Waals surface area contributed by atoms with Crippen molar-refractivity contribution in [3.8, 4) is 0 Å². The summed E-state index contributed by atoms with van der Waals surface area (Å²) in [5.74, 6) is 0. The summed E-state index contributed by atoms with van der Waals surface area (Å²) in [6, 6.07) is 7.00. The van der Waals surface area contributed by atoms with Gasteiger partial charge in [0.05, 0.1) is 21.4 Å². The molecule has 3 rings (SSSR count). The van der Waals surface area contributed by atoms with Gasteiger partial charge in [-0.05, 0) is 44.0 Å². The highest BCUT2D eigenvalue weighted by molar-refractivity contribution is 5.94. The van der Waals surface area contributed by atoms with Crippen LogP contribution in [-0.4, -0.2) is 33.7 Å².